The van der Waals surface area contributed by atoms with Gasteiger partial charge in [-0.1, -0.05) is 11.6 Å². The van der Waals surface area contributed by atoms with Gasteiger partial charge in [-0.25, -0.2) is 0 Å². The monoisotopic (exact) mass is 303 g/mol. The molecule has 0 aliphatic carbocycles. The number of nitrogens with zero attached hydrogens (tertiary/aromatic N) is 1. The lowest BCUT2D eigenvalue weighted by Crippen LogP contribution is -2.59. The van der Waals surface area contributed by atoms with E-state index >= 15 is 0 Å². The molecule has 2 aliphatic rings. The van der Waals surface area contributed by atoms with E-state index in [-0.39, 0.29) is 6.04 Å². The highest BCUT2D eigenvalue weighted by Gasteiger charge is 2.47. The Kier molecular flexibility index (Phi) is 3.77. The van der Waals surface area contributed by atoms with Crippen molar-refractivity contribution < 1.29 is 14.6 Å². The summed E-state index contributed by atoms with van der Waals surface area (Å²) in [4.78, 5) is 13.7. The van der Waals surface area contributed by atoms with Gasteiger partial charge < -0.3 is 9.84 Å². The molecule has 2 atom stereocenters. The molecule has 2 heterocycles. The topological polar surface area (TPSA) is 49.8 Å². The summed E-state index contributed by atoms with van der Waals surface area (Å²) in [6, 6.07) is 3.97. The Morgan fingerprint density at radius 2 is 1.86 bits per heavy atom. The predicted molar refractivity (Wildman–Crippen MR) is 85.2 cm³/mol. The zero-order valence-corrected chi connectivity index (χ0v) is 13.8. The zero-order valence-electron chi connectivity index (χ0n) is 13.8. The lowest BCUT2D eigenvalue weighted by molar-refractivity contribution is -0.127. The van der Waals surface area contributed by atoms with E-state index in [1.165, 1.54) is 0 Å². The fourth-order valence-electron chi connectivity index (χ4n) is 3.91. The number of likely N-dealkylation sites (tertiary alicyclic amines) is 1. The Morgan fingerprint density at radius 3 is 2.50 bits per heavy atom. The van der Waals surface area contributed by atoms with E-state index in [9.17, 15) is 9.90 Å². The van der Waals surface area contributed by atoms with Crippen LogP contribution >= 0.6 is 0 Å². The molecule has 4 heteroatoms. The van der Waals surface area contributed by atoms with Crippen LogP contribution in [0.5, 0.6) is 5.75 Å². The summed E-state index contributed by atoms with van der Waals surface area (Å²) in [6.45, 7) is 9.52. The van der Waals surface area contributed by atoms with Crippen molar-refractivity contribution in [3.63, 3.8) is 0 Å². The molecule has 0 amide bonds. The van der Waals surface area contributed by atoms with Gasteiger partial charge in [-0.15, -0.1) is 0 Å². The van der Waals surface area contributed by atoms with E-state index in [1.807, 2.05) is 33.8 Å². The number of aliphatic hydroxyl groups excluding tert-OH is 1. The third-order valence-electron chi connectivity index (χ3n) is 4.89. The van der Waals surface area contributed by atoms with E-state index in [2.05, 4.69) is 11.0 Å². The second kappa shape index (κ2) is 5.36. The maximum atomic E-state index is 11.5. The van der Waals surface area contributed by atoms with Crippen molar-refractivity contribution in [1.82, 2.24) is 4.90 Å². The number of hydrogen-bond acceptors (Lipinski definition) is 4. The number of aliphatic hydroxyl groups is 1. The number of Topliss-reactive ketones (excluding diaryl/α,β-unsaturated/α-hetero) is 1. The molecule has 0 aromatic heterocycles. The minimum Gasteiger partial charge on any atom is -0.485 e. The van der Waals surface area contributed by atoms with Crippen LogP contribution in [0.3, 0.4) is 0 Å². The molecule has 1 saturated heterocycles. The molecule has 1 aromatic carbocycles. The Labute approximate surface area is 132 Å². The van der Waals surface area contributed by atoms with Gasteiger partial charge in [0.1, 0.15) is 23.2 Å². The largest absolute Gasteiger partial charge is 0.485 e. The van der Waals surface area contributed by atoms with Crippen molar-refractivity contribution in [3.8, 4) is 5.75 Å². The van der Waals surface area contributed by atoms with Crippen molar-refractivity contribution >= 4 is 5.78 Å². The number of benzene rings is 1. The second-order valence-corrected chi connectivity index (χ2v) is 7.17. The van der Waals surface area contributed by atoms with E-state index in [4.69, 9.17) is 4.74 Å². The summed E-state index contributed by atoms with van der Waals surface area (Å²) in [5, 5.41) is 11.0. The van der Waals surface area contributed by atoms with Crippen LogP contribution in [0.1, 0.15) is 49.5 Å². The summed E-state index contributed by atoms with van der Waals surface area (Å²) < 4.78 is 6.28. The van der Waals surface area contributed by atoms with Crippen molar-refractivity contribution in [1.29, 1.82) is 0 Å². The molecule has 22 heavy (non-hydrogen) atoms. The van der Waals surface area contributed by atoms with Crippen molar-refractivity contribution in [2.45, 2.75) is 58.3 Å². The molecule has 1 fully saturated rings. The molecule has 120 valence electrons. The van der Waals surface area contributed by atoms with Crippen LogP contribution in [-0.4, -0.2) is 40.5 Å². The molecule has 1 aromatic rings. The van der Waals surface area contributed by atoms with Gasteiger partial charge in [0.2, 0.25) is 0 Å². The van der Waals surface area contributed by atoms with Crippen LogP contribution in [0, 0.1) is 13.8 Å². The molecular weight excluding hydrogens is 278 g/mol. The first-order valence-corrected chi connectivity index (χ1v) is 8.03. The van der Waals surface area contributed by atoms with Gasteiger partial charge in [-0.2, -0.15) is 0 Å². The molecule has 2 unspecified atom stereocenters. The fraction of sp³-hybridized carbons (Fsp3) is 0.611. The highest BCUT2D eigenvalue weighted by Crippen LogP contribution is 2.44. The van der Waals surface area contributed by atoms with E-state index < -0.39 is 11.7 Å². The van der Waals surface area contributed by atoms with Crippen LogP contribution in [0.15, 0.2) is 12.1 Å². The second-order valence-electron chi connectivity index (χ2n) is 7.17. The zero-order chi connectivity index (χ0) is 16.1. The number of ketones is 1. The van der Waals surface area contributed by atoms with Gasteiger partial charge in [0.05, 0.1) is 6.04 Å². The van der Waals surface area contributed by atoms with E-state index in [0.717, 1.165) is 22.4 Å². The average molecular weight is 303 g/mol. The smallest absolute Gasteiger partial charge is 0.135 e. The van der Waals surface area contributed by atoms with Crippen LogP contribution < -0.4 is 4.74 Å². The number of hydrogen-bond donors (Lipinski definition) is 1. The van der Waals surface area contributed by atoms with Crippen molar-refractivity contribution in [3.05, 3.63) is 28.8 Å². The summed E-state index contributed by atoms with van der Waals surface area (Å²) in [5.41, 5.74) is 2.58. The lowest BCUT2D eigenvalue weighted by atomic mass is 9.82. The summed E-state index contributed by atoms with van der Waals surface area (Å²) in [5.74, 6) is 1.12. The van der Waals surface area contributed by atoms with Crippen molar-refractivity contribution in [2.75, 3.05) is 13.1 Å². The van der Waals surface area contributed by atoms with Crippen LogP contribution in [0.25, 0.3) is 0 Å². The molecule has 3 rings (SSSR count). The SMILES string of the molecule is Cc1cc(C)c2c(c1)C(O)C(N1CCC(=O)CC1)C(C)(C)O2. The van der Waals surface area contributed by atoms with Gasteiger partial charge in [0.15, 0.2) is 0 Å². The first kappa shape index (κ1) is 15.5. The molecule has 0 spiro atoms. The standard InChI is InChI=1S/C18H25NO3/c1-11-9-12(2)16-14(10-11)15(21)17(18(3,4)22-16)19-7-5-13(20)6-8-19/h9-10,15,17,21H,5-8H2,1-4H3. The Morgan fingerprint density at radius 1 is 1.23 bits per heavy atom. The van der Waals surface area contributed by atoms with E-state index in [1.54, 1.807) is 0 Å². The summed E-state index contributed by atoms with van der Waals surface area (Å²) in [6.07, 6.45) is 0.545. The lowest BCUT2D eigenvalue weighted by Gasteiger charge is -2.49. The van der Waals surface area contributed by atoms with Crippen LogP contribution in [-0.2, 0) is 4.79 Å². The fourth-order valence-corrected chi connectivity index (χ4v) is 3.91. The first-order chi connectivity index (χ1) is 10.3. The number of carbonyl (C=O) groups is 1. The van der Waals surface area contributed by atoms with Gasteiger partial charge in [-0.3, -0.25) is 9.69 Å². The average Bonchev–Trinajstić information content (AvgIpc) is 2.42. The van der Waals surface area contributed by atoms with Gasteiger partial charge in [-0.05, 0) is 39.3 Å². The number of rotatable bonds is 1. The number of carbonyl (C=O) groups excluding carboxylic acids is 1. The summed E-state index contributed by atoms with van der Waals surface area (Å²) >= 11 is 0. The Balaban J connectivity index is 1.99. The Hall–Kier alpha value is -1.39. The number of aryl methyl sites for hydroxylation is 2. The van der Waals surface area contributed by atoms with Gasteiger partial charge in [0.25, 0.3) is 0 Å². The highest BCUT2D eigenvalue weighted by atomic mass is 16.5. The minimum absolute atomic E-state index is 0.130. The maximum absolute atomic E-state index is 11.5. The van der Waals surface area contributed by atoms with Crippen molar-refractivity contribution in [2.24, 2.45) is 0 Å². The Bertz CT molecular complexity index is 599. The predicted octanol–water partition coefficient (Wildman–Crippen LogP) is 2.54. The number of fused-ring (bicyclic) bond motifs is 1. The third-order valence-corrected chi connectivity index (χ3v) is 4.89. The number of ether oxygens (including phenoxy) is 1. The summed E-state index contributed by atoms with van der Waals surface area (Å²) in [7, 11) is 0. The third kappa shape index (κ3) is 2.55. The number of piperidine rings is 1. The molecule has 0 bridgehead atoms. The molecule has 0 radical (unpaired) electrons. The first-order valence-electron chi connectivity index (χ1n) is 8.03. The normalized spacial score (nSPS) is 28.1. The minimum atomic E-state index is -0.592. The quantitative estimate of drug-likeness (QED) is 0.866. The highest BCUT2D eigenvalue weighted by molar-refractivity contribution is 5.79. The molecular formula is C18H25NO3. The van der Waals surface area contributed by atoms with Crippen LogP contribution in [0.2, 0.25) is 0 Å². The molecule has 4 nitrogen and oxygen atoms in total. The molecule has 1 N–H and O–H groups in total. The van der Waals surface area contributed by atoms with Gasteiger partial charge in [0, 0.05) is 31.5 Å². The van der Waals surface area contributed by atoms with Crippen LogP contribution in [0.4, 0.5) is 0 Å². The van der Waals surface area contributed by atoms with E-state index in [0.29, 0.717) is 31.7 Å². The maximum Gasteiger partial charge on any atom is 0.135 e. The van der Waals surface area contributed by atoms with Gasteiger partial charge >= 0.3 is 0 Å². The molecule has 0 saturated carbocycles. The molecule has 2 aliphatic heterocycles.